The van der Waals surface area contributed by atoms with E-state index >= 15 is 0 Å². The number of nitrogens with one attached hydrogen (secondary N) is 2. The first-order valence-corrected chi connectivity index (χ1v) is 12.0. The maximum atomic E-state index is 13.1. The second-order valence-electron chi connectivity index (χ2n) is 8.87. The molecule has 1 fully saturated rings. The molecule has 0 bridgehead atoms. The standard InChI is InChI=1S/C28H27N3O5/c1-18(19-7-3-2-4-8-19)29-28(34)22-9-5-6-10-23(22)30-27(33)20-15-26(32)31(17-20)21-11-12-24-25(16-21)36-14-13-35-24/h2-12,16,18,20H,13-15,17H2,1H3,(H,29,34)(H,30,33). The molecule has 2 aliphatic heterocycles. The van der Waals surface area contributed by atoms with Gasteiger partial charge in [0.2, 0.25) is 11.8 Å². The number of amides is 3. The number of carbonyl (C=O) groups is 3. The van der Waals surface area contributed by atoms with Gasteiger partial charge in [0.05, 0.1) is 23.2 Å². The van der Waals surface area contributed by atoms with Gasteiger partial charge in [0.25, 0.3) is 5.91 Å². The summed E-state index contributed by atoms with van der Waals surface area (Å²) >= 11 is 0. The summed E-state index contributed by atoms with van der Waals surface area (Å²) < 4.78 is 11.2. The lowest BCUT2D eigenvalue weighted by Gasteiger charge is -2.22. The summed E-state index contributed by atoms with van der Waals surface area (Å²) in [7, 11) is 0. The number of rotatable bonds is 6. The monoisotopic (exact) mass is 485 g/mol. The van der Waals surface area contributed by atoms with Gasteiger partial charge in [-0.25, -0.2) is 0 Å². The lowest BCUT2D eigenvalue weighted by molar-refractivity contribution is -0.122. The van der Waals surface area contributed by atoms with Gasteiger partial charge in [0.1, 0.15) is 13.2 Å². The molecule has 0 radical (unpaired) electrons. The Morgan fingerprint density at radius 2 is 1.67 bits per heavy atom. The Kier molecular flexibility index (Phi) is 6.58. The van der Waals surface area contributed by atoms with Gasteiger partial charge in [-0.15, -0.1) is 0 Å². The smallest absolute Gasteiger partial charge is 0.253 e. The second-order valence-corrected chi connectivity index (χ2v) is 8.87. The van der Waals surface area contributed by atoms with Crippen molar-refractivity contribution in [2.45, 2.75) is 19.4 Å². The molecule has 3 amide bonds. The average molecular weight is 486 g/mol. The minimum atomic E-state index is -0.551. The van der Waals surface area contributed by atoms with Gasteiger partial charge in [0, 0.05) is 24.7 Å². The van der Waals surface area contributed by atoms with Crippen LogP contribution < -0.4 is 25.0 Å². The van der Waals surface area contributed by atoms with Crippen molar-refractivity contribution in [2.75, 3.05) is 30.0 Å². The van der Waals surface area contributed by atoms with Crippen molar-refractivity contribution in [1.29, 1.82) is 0 Å². The van der Waals surface area contributed by atoms with Crippen molar-refractivity contribution < 1.29 is 23.9 Å². The van der Waals surface area contributed by atoms with Crippen LogP contribution in [0.1, 0.15) is 35.3 Å². The third-order valence-corrected chi connectivity index (χ3v) is 6.41. The molecular formula is C28H27N3O5. The lowest BCUT2D eigenvalue weighted by atomic mass is 10.1. The van der Waals surface area contributed by atoms with Crippen molar-refractivity contribution in [1.82, 2.24) is 5.32 Å². The molecule has 1 saturated heterocycles. The van der Waals surface area contributed by atoms with E-state index in [2.05, 4.69) is 10.6 Å². The fraction of sp³-hybridized carbons (Fsp3) is 0.250. The molecule has 0 spiro atoms. The van der Waals surface area contributed by atoms with E-state index in [1.54, 1.807) is 47.4 Å². The summed E-state index contributed by atoms with van der Waals surface area (Å²) in [5, 5.41) is 5.85. The summed E-state index contributed by atoms with van der Waals surface area (Å²) in [5.41, 5.74) is 2.41. The quantitative estimate of drug-likeness (QED) is 0.551. The van der Waals surface area contributed by atoms with Crippen LogP contribution in [0.15, 0.2) is 72.8 Å². The van der Waals surface area contributed by atoms with Crippen LogP contribution in [0.4, 0.5) is 11.4 Å². The zero-order valence-corrected chi connectivity index (χ0v) is 19.9. The fourth-order valence-corrected chi connectivity index (χ4v) is 4.46. The van der Waals surface area contributed by atoms with Crippen molar-refractivity contribution in [2.24, 2.45) is 5.92 Å². The first-order chi connectivity index (χ1) is 17.5. The zero-order chi connectivity index (χ0) is 25.1. The average Bonchev–Trinajstić information content (AvgIpc) is 3.31. The predicted molar refractivity (Wildman–Crippen MR) is 135 cm³/mol. The number of benzene rings is 3. The first kappa shape index (κ1) is 23.4. The summed E-state index contributed by atoms with van der Waals surface area (Å²) in [6.07, 6.45) is 0.0830. The van der Waals surface area contributed by atoms with Crippen molar-refractivity contribution in [3.05, 3.63) is 83.9 Å². The van der Waals surface area contributed by atoms with E-state index in [-0.39, 0.29) is 36.7 Å². The predicted octanol–water partition coefficient (Wildman–Crippen LogP) is 3.94. The SMILES string of the molecule is CC(NC(=O)c1ccccc1NC(=O)C1CC(=O)N(c2ccc3c(c2)OCCO3)C1)c1ccccc1. The number of fused-ring (bicyclic) bond motifs is 1. The Balaban J connectivity index is 1.26. The van der Waals surface area contributed by atoms with Crippen LogP contribution in [-0.2, 0) is 9.59 Å². The summed E-state index contributed by atoms with van der Waals surface area (Å²) in [4.78, 5) is 40.5. The Labute approximate surface area is 209 Å². The first-order valence-electron chi connectivity index (χ1n) is 12.0. The van der Waals surface area contributed by atoms with Crippen LogP contribution in [0.25, 0.3) is 0 Å². The minimum absolute atomic E-state index is 0.0830. The number of carbonyl (C=O) groups excluding carboxylic acids is 3. The minimum Gasteiger partial charge on any atom is -0.486 e. The highest BCUT2D eigenvalue weighted by Gasteiger charge is 2.36. The highest BCUT2D eigenvalue weighted by Crippen LogP contribution is 2.36. The molecule has 8 nitrogen and oxygen atoms in total. The van der Waals surface area contributed by atoms with Crippen LogP contribution >= 0.6 is 0 Å². The Morgan fingerprint density at radius 3 is 2.47 bits per heavy atom. The molecular weight excluding hydrogens is 458 g/mol. The van der Waals surface area contributed by atoms with Gasteiger partial charge in [-0.05, 0) is 36.8 Å². The molecule has 2 N–H and O–H groups in total. The summed E-state index contributed by atoms with van der Waals surface area (Å²) in [5.74, 6) is -0.0615. The second kappa shape index (κ2) is 10.1. The molecule has 5 rings (SSSR count). The largest absolute Gasteiger partial charge is 0.486 e. The van der Waals surface area contributed by atoms with Gasteiger partial charge in [0.15, 0.2) is 11.5 Å². The number of hydrogen-bond acceptors (Lipinski definition) is 5. The maximum absolute atomic E-state index is 13.1. The Morgan fingerprint density at radius 1 is 0.944 bits per heavy atom. The van der Waals surface area contributed by atoms with Crippen LogP contribution in [0.2, 0.25) is 0 Å². The maximum Gasteiger partial charge on any atom is 0.253 e. The van der Waals surface area contributed by atoms with Crippen LogP contribution in [0.5, 0.6) is 11.5 Å². The van der Waals surface area contributed by atoms with Crippen LogP contribution in [-0.4, -0.2) is 37.5 Å². The van der Waals surface area contributed by atoms with Gasteiger partial charge in [-0.2, -0.15) is 0 Å². The van der Waals surface area contributed by atoms with E-state index in [1.807, 2.05) is 37.3 Å². The highest BCUT2D eigenvalue weighted by atomic mass is 16.6. The molecule has 3 aromatic rings. The molecule has 2 aliphatic rings. The molecule has 184 valence electrons. The molecule has 2 atom stereocenters. The topological polar surface area (TPSA) is 97.0 Å². The molecule has 8 heteroatoms. The molecule has 0 aromatic heterocycles. The molecule has 2 unspecified atom stereocenters. The zero-order valence-electron chi connectivity index (χ0n) is 19.9. The molecule has 36 heavy (non-hydrogen) atoms. The van der Waals surface area contributed by atoms with Crippen molar-refractivity contribution >= 4 is 29.1 Å². The Bertz CT molecular complexity index is 1290. The molecule has 0 saturated carbocycles. The van der Waals surface area contributed by atoms with E-state index in [0.717, 1.165) is 5.56 Å². The summed E-state index contributed by atoms with van der Waals surface area (Å²) in [6.45, 7) is 3.09. The number of hydrogen-bond donors (Lipinski definition) is 2. The number of nitrogens with zero attached hydrogens (tertiary/aromatic N) is 1. The highest BCUT2D eigenvalue weighted by molar-refractivity contribution is 6.07. The van der Waals surface area contributed by atoms with Crippen LogP contribution in [0.3, 0.4) is 0 Å². The van der Waals surface area contributed by atoms with E-state index in [0.29, 0.717) is 41.7 Å². The van der Waals surface area contributed by atoms with E-state index in [4.69, 9.17) is 9.47 Å². The fourth-order valence-electron chi connectivity index (χ4n) is 4.46. The summed E-state index contributed by atoms with van der Waals surface area (Å²) in [6, 6.07) is 21.7. The van der Waals surface area contributed by atoms with E-state index < -0.39 is 5.92 Å². The lowest BCUT2D eigenvalue weighted by Crippen LogP contribution is -2.30. The number of ether oxygens (including phenoxy) is 2. The van der Waals surface area contributed by atoms with Crippen molar-refractivity contribution in [3.8, 4) is 11.5 Å². The molecule has 0 aliphatic carbocycles. The van der Waals surface area contributed by atoms with Crippen molar-refractivity contribution in [3.63, 3.8) is 0 Å². The van der Waals surface area contributed by atoms with Gasteiger partial charge in [-0.3, -0.25) is 14.4 Å². The van der Waals surface area contributed by atoms with E-state index in [1.165, 1.54) is 0 Å². The number of anilines is 2. The van der Waals surface area contributed by atoms with Crippen LogP contribution in [0, 0.1) is 5.92 Å². The van der Waals surface area contributed by atoms with Gasteiger partial charge >= 0.3 is 0 Å². The third kappa shape index (κ3) is 4.88. The van der Waals surface area contributed by atoms with Gasteiger partial charge < -0.3 is 25.0 Å². The number of para-hydroxylation sites is 1. The van der Waals surface area contributed by atoms with E-state index in [9.17, 15) is 14.4 Å². The third-order valence-electron chi connectivity index (χ3n) is 6.41. The normalized spacial score (nSPS) is 17.4. The molecule has 2 heterocycles. The van der Waals surface area contributed by atoms with Gasteiger partial charge in [-0.1, -0.05) is 42.5 Å². The molecule has 3 aromatic carbocycles. The Hall–Kier alpha value is -4.33.